The number of hydrogen-bond donors (Lipinski definition) is 1. The second-order valence-corrected chi connectivity index (χ2v) is 5.48. The summed E-state index contributed by atoms with van der Waals surface area (Å²) < 4.78 is 5.48. The van der Waals surface area contributed by atoms with Gasteiger partial charge >= 0.3 is 0 Å². The van der Waals surface area contributed by atoms with Gasteiger partial charge in [-0.05, 0) is 38.4 Å². The first-order valence-electron chi connectivity index (χ1n) is 7.74. The topological polar surface area (TPSA) is 37.4 Å². The van der Waals surface area contributed by atoms with Gasteiger partial charge in [0.15, 0.2) is 0 Å². The van der Waals surface area contributed by atoms with E-state index < -0.39 is 0 Å². The summed E-state index contributed by atoms with van der Waals surface area (Å²) in [6, 6.07) is 8.74. The quantitative estimate of drug-likeness (QED) is 0.937. The zero-order valence-electron chi connectivity index (χ0n) is 12.8. The lowest BCUT2D eigenvalue weighted by Crippen LogP contribution is -2.46. The molecule has 112 valence electrons. The van der Waals surface area contributed by atoms with Crippen LogP contribution in [-0.4, -0.2) is 37.8 Å². The highest BCUT2D eigenvalue weighted by molar-refractivity contribution is 5.96. The van der Waals surface area contributed by atoms with Crippen molar-refractivity contribution in [1.29, 1.82) is 0 Å². The summed E-state index contributed by atoms with van der Waals surface area (Å²) in [4.78, 5) is 7.10. The Morgan fingerprint density at radius 3 is 2.95 bits per heavy atom. The van der Waals surface area contributed by atoms with E-state index in [1.807, 2.05) is 24.4 Å². The first-order chi connectivity index (χ1) is 10.3. The van der Waals surface area contributed by atoms with E-state index in [1.165, 1.54) is 18.2 Å². The monoisotopic (exact) mass is 285 g/mol. The molecule has 0 saturated carbocycles. The number of nitrogens with zero attached hydrogens (tertiary/aromatic N) is 2. The van der Waals surface area contributed by atoms with Gasteiger partial charge in [0.2, 0.25) is 0 Å². The molecule has 1 N–H and O–H groups in total. The maximum absolute atomic E-state index is 5.48. The zero-order chi connectivity index (χ0) is 14.7. The summed E-state index contributed by atoms with van der Waals surface area (Å²) in [6.45, 7) is 5.34. The highest BCUT2D eigenvalue weighted by Crippen LogP contribution is 2.32. The fourth-order valence-electron chi connectivity index (χ4n) is 3.25. The molecule has 1 aliphatic rings. The summed E-state index contributed by atoms with van der Waals surface area (Å²) in [6.07, 6.45) is 4.34. The lowest BCUT2D eigenvalue weighted by atomic mass is 10.0. The first-order valence-corrected chi connectivity index (χ1v) is 7.74. The van der Waals surface area contributed by atoms with Crippen molar-refractivity contribution in [2.75, 3.05) is 31.6 Å². The molecule has 2 heterocycles. The van der Waals surface area contributed by atoms with E-state index in [9.17, 15) is 0 Å². The van der Waals surface area contributed by atoms with Crippen molar-refractivity contribution in [3.63, 3.8) is 0 Å². The van der Waals surface area contributed by atoms with Crippen molar-refractivity contribution in [2.24, 2.45) is 0 Å². The number of nitrogens with one attached hydrogen (secondary N) is 1. The molecule has 21 heavy (non-hydrogen) atoms. The van der Waals surface area contributed by atoms with Crippen LogP contribution in [0.15, 0.2) is 30.5 Å². The summed E-state index contributed by atoms with van der Waals surface area (Å²) in [7, 11) is 1.72. The maximum Gasteiger partial charge on any atom is 0.136 e. The highest BCUT2D eigenvalue weighted by Gasteiger charge is 2.22. The summed E-state index contributed by atoms with van der Waals surface area (Å²) in [5, 5.41) is 5.80. The van der Waals surface area contributed by atoms with Crippen LogP contribution in [0, 0.1) is 0 Å². The third-order valence-corrected chi connectivity index (χ3v) is 4.29. The van der Waals surface area contributed by atoms with E-state index in [2.05, 4.69) is 28.2 Å². The lowest BCUT2D eigenvalue weighted by molar-refractivity contribution is 0.419. The summed E-state index contributed by atoms with van der Waals surface area (Å²) in [5.41, 5.74) is 0. The minimum atomic E-state index is 0.521. The SMILES string of the molecule is CCN(c1nccc2c(OC)cccc12)C1CCCNC1. The fraction of sp³-hybridized carbons (Fsp3) is 0.471. The molecule has 3 rings (SSSR count). The predicted molar refractivity (Wildman–Crippen MR) is 87.2 cm³/mol. The third kappa shape index (κ3) is 2.68. The summed E-state index contributed by atoms with van der Waals surface area (Å²) >= 11 is 0. The molecule has 0 bridgehead atoms. The molecule has 1 aromatic carbocycles. The number of pyridine rings is 1. The van der Waals surface area contributed by atoms with Gasteiger partial charge in [0.1, 0.15) is 11.6 Å². The van der Waals surface area contributed by atoms with Crippen molar-refractivity contribution < 1.29 is 4.74 Å². The van der Waals surface area contributed by atoms with Crippen molar-refractivity contribution in [2.45, 2.75) is 25.8 Å². The van der Waals surface area contributed by atoms with E-state index in [1.54, 1.807) is 7.11 Å². The van der Waals surface area contributed by atoms with Crippen LogP contribution in [0.5, 0.6) is 5.75 Å². The van der Waals surface area contributed by atoms with Crippen molar-refractivity contribution in [3.8, 4) is 5.75 Å². The van der Waals surface area contributed by atoms with Gasteiger partial charge in [0, 0.05) is 36.1 Å². The Morgan fingerprint density at radius 2 is 2.24 bits per heavy atom. The maximum atomic E-state index is 5.48. The minimum Gasteiger partial charge on any atom is -0.496 e. The number of anilines is 1. The Hall–Kier alpha value is -1.81. The van der Waals surface area contributed by atoms with Gasteiger partial charge in [-0.15, -0.1) is 0 Å². The van der Waals surface area contributed by atoms with Gasteiger partial charge < -0.3 is 15.0 Å². The van der Waals surface area contributed by atoms with Crippen LogP contribution in [0.3, 0.4) is 0 Å². The molecule has 1 aromatic heterocycles. The molecule has 0 aliphatic carbocycles. The average Bonchev–Trinajstić information content (AvgIpc) is 2.56. The van der Waals surface area contributed by atoms with E-state index in [-0.39, 0.29) is 0 Å². The molecule has 1 aliphatic heterocycles. The first kappa shape index (κ1) is 14.1. The van der Waals surface area contributed by atoms with Crippen LogP contribution in [0.4, 0.5) is 5.82 Å². The molecule has 0 radical (unpaired) electrons. The molecule has 2 aromatic rings. The number of piperidine rings is 1. The van der Waals surface area contributed by atoms with Crippen molar-refractivity contribution >= 4 is 16.6 Å². The number of fused-ring (bicyclic) bond motifs is 1. The van der Waals surface area contributed by atoms with Gasteiger partial charge in [0.05, 0.1) is 7.11 Å². The van der Waals surface area contributed by atoms with E-state index >= 15 is 0 Å². The second kappa shape index (κ2) is 6.31. The molecule has 1 unspecified atom stereocenters. The molecule has 1 fully saturated rings. The molecule has 0 spiro atoms. The zero-order valence-corrected chi connectivity index (χ0v) is 12.8. The summed E-state index contributed by atoms with van der Waals surface area (Å²) in [5.74, 6) is 1.98. The van der Waals surface area contributed by atoms with Crippen LogP contribution >= 0.6 is 0 Å². The van der Waals surface area contributed by atoms with Crippen LogP contribution in [0.25, 0.3) is 10.8 Å². The Balaban J connectivity index is 2.05. The number of hydrogen-bond acceptors (Lipinski definition) is 4. The molecule has 1 atom stereocenters. The van der Waals surface area contributed by atoms with Gasteiger partial charge in [0.25, 0.3) is 0 Å². The van der Waals surface area contributed by atoms with E-state index in [0.29, 0.717) is 6.04 Å². The van der Waals surface area contributed by atoms with Crippen LogP contribution < -0.4 is 15.0 Å². The molecule has 4 nitrogen and oxygen atoms in total. The minimum absolute atomic E-state index is 0.521. The molecular formula is C17H23N3O. The van der Waals surface area contributed by atoms with Gasteiger partial charge in [-0.25, -0.2) is 4.98 Å². The molecule has 0 amide bonds. The number of likely N-dealkylation sites (N-methyl/N-ethyl adjacent to an activating group) is 1. The molecular weight excluding hydrogens is 262 g/mol. The Morgan fingerprint density at radius 1 is 1.33 bits per heavy atom. The second-order valence-electron chi connectivity index (χ2n) is 5.48. The Kier molecular flexibility index (Phi) is 4.25. The number of benzene rings is 1. The molecule has 1 saturated heterocycles. The van der Waals surface area contributed by atoms with E-state index in [0.717, 1.165) is 36.6 Å². The molecule has 4 heteroatoms. The number of rotatable bonds is 4. The van der Waals surface area contributed by atoms with E-state index in [4.69, 9.17) is 4.74 Å². The van der Waals surface area contributed by atoms with Gasteiger partial charge in [-0.3, -0.25) is 0 Å². The van der Waals surface area contributed by atoms with Crippen LogP contribution in [0.2, 0.25) is 0 Å². The van der Waals surface area contributed by atoms with Crippen LogP contribution in [-0.2, 0) is 0 Å². The van der Waals surface area contributed by atoms with Crippen molar-refractivity contribution in [3.05, 3.63) is 30.5 Å². The fourth-order valence-corrected chi connectivity index (χ4v) is 3.25. The Labute approximate surface area is 126 Å². The number of methoxy groups -OCH3 is 1. The Bertz CT molecular complexity index is 608. The third-order valence-electron chi connectivity index (χ3n) is 4.29. The number of aromatic nitrogens is 1. The van der Waals surface area contributed by atoms with Gasteiger partial charge in [-0.1, -0.05) is 12.1 Å². The normalized spacial score (nSPS) is 18.7. The lowest BCUT2D eigenvalue weighted by Gasteiger charge is -2.35. The van der Waals surface area contributed by atoms with Crippen LogP contribution in [0.1, 0.15) is 19.8 Å². The average molecular weight is 285 g/mol. The highest BCUT2D eigenvalue weighted by atomic mass is 16.5. The predicted octanol–water partition coefficient (Wildman–Crippen LogP) is 2.82. The van der Waals surface area contributed by atoms with Crippen molar-refractivity contribution in [1.82, 2.24) is 10.3 Å². The van der Waals surface area contributed by atoms with Gasteiger partial charge in [-0.2, -0.15) is 0 Å². The largest absolute Gasteiger partial charge is 0.496 e. The number of ether oxygens (including phenoxy) is 1. The smallest absolute Gasteiger partial charge is 0.136 e. The standard InChI is InChI=1S/C17H23N3O/c1-3-20(13-6-5-10-18-12-13)17-15-7-4-8-16(21-2)14(15)9-11-19-17/h4,7-9,11,13,18H,3,5-6,10,12H2,1-2H3.